The van der Waals surface area contributed by atoms with E-state index in [2.05, 4.69) is 25.0 Å². The lowest BCUT2D eigenvalue weighted by molar-refractivity contribution is 0.391. The van der Waals surface area contributed by atoms with Gasteiger partial charge in [-0.1, -0.05) is 0 Å². The molecule has 6 heteroatoms. The van der Waals surface area contributed by atoms with Crippen molar-refractivity contribution in [1.29, 1.82) is 0 Å². The monoisotopic (exact) mass is 224 g/mol. The number of hydrogen-bond acceptors (Lipinski definition) is 5. The van der Waals surface area contributed by atoms with Crippen LogP contribution in [0, 0.1) is 0 Å². The molecule has 90 valence electrons. The standard InChI is InChI=1S/C10H20N6/c1-15(2)7-9-12-10(14-13-9)16-5-3-8(11)4-6-16/h8H,3-7,11H2,1-2H3,(H,12,13,14). The topological polar surface area (TPSA) is 74.1 Å². The number of piperidine rings is 1. The van der Waals surface area contributed by atoms with Crippen molar-refractivity contribution >= 4 is 5.95 Å². The summed E-state index contributed by atoms with van der Waals surface area (Å²) in [4.78, 5) is 8.74. The molecule has 0 aliphatic carbocycles. The van der Waals surface area contributed by atoms with Crippen LogP contribution in [0.3, 0.4) is 0 Å². The summed E-state index contributed by atoms with van der Waals surface area (Å²) in [7, 11) is 4.03. The van der Waals surface area contributed by atoms with Gasteiger partial charge in [-0.15, -0.1) is 5.10 Å². The number of nitrogens with zero attached hydrogens (tertiary/aromatic N) is 4. The lowest BCUT2D eigenvalue weighted by atomic mass is 10.1. The number of aromatic amines is 1. The van der Waals surface area contributed by atoms with E-state index in [4.69, 9.17) is 5.73 Å². The van der Waals surface area contributed by atoms with Crippen molar-refractivity contribution in [3.05, 3.63) is 5.82 Å². The number of aromatic nitrogens is 3. The van der Waals surface area contributed by atoms with Crippen molar-refractivity contribution in [1.82, 2.24) is 20.1 Å². The van der Waals surface area contributed by atoms with E-state index in [0.29, 0.717) is 6.04 Å². The van der Waals surface area contributed by atoms with E-state index in [1.807, 2.05) is 14.1 Å². The van der Waals surface area contributed by atoms with Crippen molar-refractivity contribution < 1.29 is 0 Å². The summed E-state index contributed by atoms with van der Waals surface area (Å²) >= 11 is 0. The number of hydrogen-bond donors (Lipinski definition) is 2. The van der Waals surface area contributed by atoms with Gasteiger partial charge in [0.2, 0.25) is 5.95 Å². The van der Waals surface area contributed by atoms with Crippen LogP contribution < -0.4 is 10.6 Å². The third-order valence-electron chi connectivity index (χ3n) is 2.81. The Balaban J connectivity index is 1.96. The van der Waals surface area contributed by atoms with Gasteiger partial charge in [-0.2, -0.15) is 4.98 Å². The molecule has 0 atom stereocenters. The van der Waals surface area contributed by atoms with E-state index in [1.54, 1.807) is 0 Å². The van der Waals surface area contributed by atoms with Crippen LogP contribution in [0.1, 0.15) is 18.7 Å². The van der Waals surface area contributed by atoms with Crippen molar-refractivity contribution in [3.63, 3.8) is 0 Å². The molecule has 0 bridgehead atoms. The van der Waals surface area contributed by atoms with Crippen LogP contribution in [-0.4, -0.2) is 53.3 Å². The van der Waals surface area contributed by atoms with Crippen LogP contribution in [0.4, 0.5) is 5.95 Å². The smallest absolute Gasteiger partial charge is 0.244 e. The van der Waals surface area contributed by atoms with Gasteiger partial charge in [0.15, 0.2) is 0 Å². The Morgan fingerprint density at radius 1 is 1.44 bits per heavy atom. The Morgan fingerprint density at radius 3 is 2.75 bits per heavy atom. The van der Waals surface area contributed by atoms with Crippen LogP contribution in [-0.2, 0) is 6.54 Å². The highest BCUT2D eigenvalue weighted by Crippen LogP contribution is 2.14. The molecule has 0 amide bonds. The van der Waals surface area contributed by atoms with Crippen LogP contribution in [0.5, 0.6) is 0 Å². The Bertz CT molecular complexity index is 326. The van der Waals surface area contributed by atoms with Crippen LogP contribution in [0.2, 0.25) is 0 Å². The highest BCUT2D eigenvalue weighted by atomic mass is 15.4. The minimum atomic E-state index is 0.344. The molecule has 0 unspecified atom stereocenters. The largest absolute Gasteiger partial charge is 0.339 e. The van der Waals surface area contributed by atoms with E-state index in [9.17, 15) is 0 Å². The average molecular weight is 224 g/mol. The molecule has 3 N–H and O–H groups in total. The first-order chi connectivity index (χ1) is 7.65. The second-order valence-corrected chi connectivity index (χ2v) is 4.64. The molecule has 1 aliphatic rings. The predicted octanol–water partition coefficient (Wildman–Crippen LogP) is -0.206. The van der Waals surface area contributed by atoms with Gasteiger partial charge in [0, 0.05) is 19.1 Å². The molecule has 0 aromatic carbocycles. The fourth-order valence-corrected chi connectivity index (χ4v) is 1.90. The van der Waals surface area contributed by atoms with Gasteiger partial charge >= 0.3 is 0 Å². The molecular weight excluding hydrogens is 204 g/mol. The molecular formula is C10H20N6. The average Bonchev–Trinajstić information content (AvgIpc) is 2.66. The minimum absolute atomic E-state index is 0.344. The van der Waals surface area contributed by atoms with E-state index in [0.717, 1.165) is 44.2 Å². The van der Waals surface area contributed by atoms with Crippen molar-refractivity contribution in [2.45, 2.75) is 25.4 Å². The number of nitrogens with two attached hydrogens (primary N) is 1. The summed E-state index contributed by atoms with van der Waals surface area (Å²) < 4.78 is 0. The zero-order valence-corrected chi connectivity index (χ0v) is 9.98. The zero-order valence-electron chi connectivity index (χ0n) is 9.98. The first kappa shape index (κ1) is 11.3. The van der Waals surface area contributed by atoms with Gasteiger partial charge in [0.25, 0.3) is 0 Å². The maximum absolute atomic E-state index is 5.86. The summed E-state index contributed by atoms with van der Waals surface area (Å²) in [5.41, 5.74) is 5.86. The Kier molecular flexibility index (Phi) is 3.40. The van der Waals surface area contributed by atoms with Crippen LogP contribution in [0.15, 0.2) is 0 Å². The molecule has 0 saturated carbocycles. The first-order valence-corrected chi connectivity index (χ1v) is 5.71. The molecule has 16 heavy (non-hydrogen) atoms. The molecule has 2 rings (SSSR count). The first-order valence-electron chi connectivity index (χ1n) is 5.71. The van der Waals surface area contributed by atoms with E-state index in [-0.39, 0.29) is 0 Å². The number of rotatable bonds is 3. The van der Waals surface area contributed by atoms with E-state index < -0.39 is 0 Å². The third-order valence-corrected chi connectivity index (χ3v) is 2.81. The normalized spacial score (nSPS) is 18.4. The molecule has 1 aliphatic heterocycles. The second-order valence-electron chi connectivity index (χ2n) is 4.64. The maximum atomic E-state index is 5.86. The lowest BCUT2D eigenvalue weighted by Crippen LogP contribution is -2.40. The molecule has 1 fully saturated rings. The highest BCUT2D eigenvalue weighted by Gasteiger charge is 2.19. The van der Waals surface area contributed by atoms with E-state index in [1.165, 1.54) is 0 Å². The summed E-state index contributed by atoms with van der Waals surface area (Å²) in [6.07, 6.45) is 2.05. The van der Waals surface area contributed by atoms with Crippen LogP contribution >= 0.6 is 0 Å². The highest BCUT2D eigenvalue weighted by molar-refractivity contribution is 5.29. The molecule has 1 aromatic heterocycles. The summed E-state index contributed by atoms with van der Waals surface area (Å²) in [6, 6.07) is 0.344. The minimum Gasteiger partial charge on any atom is -0.339 e. The summed E-state index contributed by atoms with van der Waals surface area (Å²) in [5.74, 6) is 1.72. The summed E-state index contributed by atoms with van der Waals surface area (Å²) in [5, 5.41) is 7.21. The van der Waals surface area contributed by atoms with Gasteiger partial charge in [0.1, 0.15) is 5.82 Å². The number of nitrogens with one attached hydrogen (secondary N) is 1. The Morgan fingerprint density at radius 2 is 2.12 bits per heavy atom. The SMILES string of the molecule is CN(C)Cc1nc(N2CCC(N)CC2)n[nH]1. The second kappa shape index (κ2) is 4.80. The summed E-state index contributed by atoms with van der Waals surface area (Å²) in [6.45, 7) is 2.71. The molecule has 1 aromatic rings. The third kappa shape index (κ3) is 2.70. The van der Waals surface area contributed by atoms with E-state index >= 15 is 0 Å². The quantitative estimate of drug-likeness (QED) is 0.743. The number of H-pyrrole nitrogens is 1. The van der Waals surface area contributed by atoms with Crippen LogP contribution in [0.25, 0.3) is 0 Å². The fourth-order valence-electron chi connectivity index (χ4n) is 1.90. The van der Waals surface area contributed by atoms with Gasteiger partial charge in [0.05, 0.1) is 6.54 Å². The molecule has 6 nitrogen and oxygen atoms in total. The zero-order chi connectivity index (χ0) is 11.5. The lowest BCUT2D eigenvalue weighted by Gasteiger charge is -2.28. The van der Waals surface area contributed by atoms with Crippen molar-refractivity contribution in [2.75, 3.05) is 32.1 Å². The van der Waals surface area contributed by atoms with Crippen molar-refractivity contribution in [3.8, 4) is 0 Å². The predicted molar refractivity (Wildman–Crippen MR) is 63.2 cm³/mol. The number of anilines is 1. The molecule has 1 saturated heterocycles. The van der Waals surface area contributed by atoms with Crippen molar-refractivity contribution in [2.24, 2.45) is 5.73 Å². The maximum Gasteiger partial charge on any atom is 0.244 e. The molecule has 0 spiro atoms. The van der Waals surface area contributed by atoms with Gasteiger partial charge < -0.3 is 15.5 Å². The molecule has 0 radical (unpaired) electrons. The Hall–Kier alpha value is -1.14. The molecule has 2 heterocycles. The fraction of sp³-hybridized carbons (Fsp3) is 0.800. The van der Waals surface area contributed by atoms with Gasteiger partial charge in [-0.25, -0.2) is 0 Å². The Labute approximate surface area is 95.8 Å². The van der Waals surface area contributed by atoms with Gasteiger partial charge in [-0.3, -0.25) is 5.10 Å². The van der Waals surface area contributed by atoms with Gasteiger partial charge in [-0.05, 0) is 26.9 Å².